The van der Waals surface area contributed by atoms with Crippen LogP contribution in [0.25, 0.3) is 0 Å². The van der Waals surface area contributed by atoms with Crippen LogP contribution in [0.5, 0.6) is 0 Å². The van der Waals surface area contributed by atoms with Crippen LogP contribution in [0, 0.1) is 0 Å². The third-order valence-corrected chi connectivity index (χ3v) is 3.68. The molecule has 110 valence electrons. The van der Waals surface area contributed by atoms with E-state index in [1.54, 1.807) is 24.3 Å². The van der Waals surface area contributed by atoms with Gasteiger partial charge >= 0.3 is 0 Å². The average molecular weight is 324 g/mol. The van der Waals surface area contributed by atoms with Crippen molar-refractivity contribution >= 4 is 29.6 Å². The number of rotatable bonds is 6. The summed E-state index contributed by atoms with van der Waals surface area (Å²) in [7, 11) is 0. The van der Waals surface area contributed by atoms with Crippen LogP contribution in [0.2, 0.25) is 10.0 Å². The van der Waals surface area contributed by atoms with Crippen LogP contribution in [-0.2, 0) is 4.79 Å². The zero-order valence-corrected chi connectivity index (χ0v) is 12.7. The summed E-state index contributed by atoms with van der Waals surface area (Å²) < 4.78 is 0. The summed E-state index contributed by atoms with van der Waals surface area (Å²) >= 11 is 12.1. The van der Waals surface area contributed by atoms with Gasteiger partial charge in [0.1, 0.15) is 0 Å². The third kappa shape index (κ3) is 4.21. The maximum Gasteiger partial charge on any atom is 0.207 e. The number of aliphatic hydroxyl groups excluding tert-OH is 1. The molecule has 0 saturated carbocycles. The molecular formula is C16H15Cl2NO2. The third-order valence-electron chi connectivity index (χ3n) is 3.21. The summed E-state index contributed by atoms with van der Waals surface area (Å²) in [6, 6.07) is 14.6. The number of hydrogen-bond donors (Lipinski definition) is 2. The first kappa shape index (κ1) is 15.8. The molecule has 2 rings (SSSR count). The minimum Gasteiger partial charge on any atom is -0.390 e. The van der Waals surface area contributed by atoms with E-state index in [2.05, 4.69) is 5.32 Å². The molecule has 0 aliphatic rings. The van der Waals surface area contributed by atoms with Crippen LogP contribution in [0.4, 0.5) is 0 Å². The largest absolute Gasteiger partial charge is 0.390 e. The normalized spacial score (nSPS) is 12.2. The number of nitrogens with one attached hydrogen (secondary N) is 1. The monoisotopic (exact) mass is 323 g/mol. The Hall–Kier alpha value is -1.55. The van der Waals surface area contributed by atoms with Gasteiger partial charge in [-0.25, -0.2) is 0 Å². The molecule has 0 fully saturated rings. The van der Waals surface area contributed by atoms with Crippen LogP contribution in [0.15, 0.2) is 48.5 Å². The average Bonchev–Trinajstić information content (AvgIpc) is 2.45. The fraction of sp³-hybridized carbons (Fsp3) is 0.188. The molecule has 2 aromatic rings. The molecule has 0 aromatic heterocycles. The fourth-order valence-electron chi connectivity index (χ4n) is 2.32. The molecule has 1 unspecified atom stereocenters. The van der Waals surface area contributed by atoms with Crippen molar-refractivity contribution in [1.29, 1.82) is 0 Å². The summed E-state index contributed by atoms with van der Waals surface area (Å²) in [5.74, 6) is -0.324. The van der Waals surface area contributed by atoms with Gasteiger partial charge in [-0.1, -0.05) is 47.5 Å². The molecule has 1 atom stereocenters. The highest BCUT2D eigenvalue weighted by molar-refractivity contribution is 6.31. The van der Waals surface area contributed by atoms with E-state index in [4.69, 9.17) is 23.2 Å². The van der Waals surface area contributed by atoms with E-state index in [0.29, 0.717) is 16.5 Å². The number of aliphatic hydroxyl groups is 1. The Kier molecular flexibility index (Phi) is 5.62. The molecule has 5 heteroatoms. The Bertz CT molecular complexity index is 573. The lowest BCUT2D eigenvalue weighted by atomic mass is 9.86. The predicted octanol–water partition coefficient (Wildman–Crippen LogP) is 3.23. The highest BCUT2D eigenvalue weighted by Crippen LogP contribution is 2.31. The molecule has 2 N–H and O–H groups in total. The SMILES string of the molecule is O=CNCC(O)C(c1cccc(Cl)c1)c1cccc(Cl)c1. The maximum absolute atomic E-state index is 10.4. The molecule has 21 heavy (non-hydrogen) atoms. The zero-order valence-electron chi connectivity index (χ0n) is 11.2. The van der Waals surface area contributed by atoms with Crippen molar-refractivity contribution in [2.75, 3.05) is 6.54 Å². The van der Waals surface area contributed by atoms with E-state index in [1.807, 2.05) is 24.3 Å². The van der Waals surface area contributed by atoms with Gasteiger partial charge in [-0.15, -0.1) is 0 Å². The summed E-state index contributed by atoms with van der Waals surface area (Å²) in [6.07, 6.45) is -0.219. The van der Waals surface area contributed by atoms with Gasteiger partial charge in [-0.3, -0.25) is 4.79 Å². The van der Waals surface area contributed by atoms with Gasteiger partial charge in [-0.05, 0) is 35.4 Å². The van der Waals surface area contributed by atoms with Crippen LogP contribution in [-0.4, -0.2) is 24.2 Å². The number of benzene rings is 2. The Balaban J connectivity index is 2.41. The lowest BCUT2D eigenvalue weighted by molar-refractivity contribution is -0.110. The Morgan fingerprint density at radius 1 is 1.05 bits per heavy atom. The summed E-state index contributed by atoms with van der Waals surface area (Å²) in [4.78, 5) is 10.4. The van der Waals surface area contributed by atoms with E-state index in [-0.39, 0.29) is 12.5 Å². The van der Waals surface area contributed by atoms with Crippen molar-refractivity contribution in [2.45, 2.75) is 12.0 Å². The second-order valence-corrected chi connectivity index (χ2v) is 5.55. The fourth-order valence-corrected chi connectivity index (χ4v) is 2.72. The van der Waals surface area contributed by atoms with Gasteiger partial charge in [0.25, 0.3) is 0 Å². The van der Waals surface area contributed by atoms with Crippen LogP contribution < -0.4 is 5.32 Å². The van der Waals surface area contributed by atoms with E-state index in [1.165, 1.54) is 0 Å². The highest BCUT2D eigenvalue weighted by Gasteiger charge is 2.23. The summed E-state index contributed by atoms with van der Waals surface area (Å²) in [5, 5.41) is 14.1. The standard InChI is InChI=1S/C16H15Cl2NO2/c17-13-5-1-3-11(7-13)16(15(21)9-19-10-20)12-4-2-6-14(18)8-12/h1-8,10,15-16,21H,9H2,(H,19,20). The molecule has 3 nitrogen and oxygen atoms in total. The highest BCUT2D eigenvalue weighted by atomic mass is 35.5. The second-order valence-electron chi connectivity index (χ2n) is 4.68. The molecular weight excluding hydrogens is 309 g/mol. The molecule has 0 bridgehead atoms. The molecule has 0 aliphatic carbocycles. The minimum atomic E-state index is -0.785. The maximum atomic E-state index is 10.4. The Labute approximate surface area is 133 Å². The lowest BCUT2D eigenvalue weighted by Crippen LogP contribution is -2.31. The van der Waals surface area contributed by atoms with Gasteiger partial charge in [0.2, 0.25) is 6.41 Å². The van der Waals surface area contributed by atoms with Crippen molar-refractivity contribution in [3.05, 3.63) is 69.7 Å². The summed E-state index contributed by atoms with van der Waals surface area (Å²) in [6.45, 7) is 0.146. The van der Waals surface area contributed by atoms with Gasteiger partial charge in [0.05, 0.1) is 6.10 Å². The van der Waals surface area contributed by atoms with Crippen LogP contribution >= 0.6 is 23.2 Å². The number of hydrogen-bond acceptors (Lipinski definition) is 2. The molecule has 0 aliphatic heterocycles. The molecule has 0 saturated heterocycles. The number of carbonyl (C=O) groups excluding carboxylic acids is 1. The van der Waals surface area contributed by atoms with Gasteiger partial charge in [0, 0.05) is 22.5 Å². The van der Waals surface area contributed by atoms with Crippen molar-refractivity contribution in [3.63, 3.8) is 0 Å². The molecule has 2 aromatic carbocycles. The minimum absolute atomic E-state index is 0.146. The van der Waals surface area contributed by atoms with Gasteiger partial charge in [-0.2, -0.15) is 0 Å². The van der Waals surface area contributed by atoms with Crippen LogP contribution in [0.1, 0.15) is 17.0 Å². The van der Waals surface area contributed by atoms with E-state index in [0.717, 1.165) is 11.1 Å². The summed E-state index contributed by atoms with van der Waals surface area (Å²) in [5.41, 5.74) is 1.73. The van der Waals surface area contributed by atoms with E-state index in [9.17, 15) is 9.90 Å². The van der Waals surface area contributed by atoms with Gasteiger partial charge in [0.15, 0.2) is 0 Å². The lowest BCUT2D eigenvalue weighted by Gasteiger charge is -2.24. The quantitative estimate of drug-likeness (QED) is 0.802. The van der Waals surface area contributed by atoms with E-state index < -0.39 is 6.10 Å². The molecule has 0 heterocycles. The van der Waals surface area contributed by atoms with Gasteiger partial charge < -0.3 is 10.4 Å². The molecule has 0 radical (unpaired) electrons. The second kappa shape index (κ2) is 7.46. The van der Waals surface area contributed by atoms with Crippen molar-refractivity contribution in [2.24, 2.45) is 0 Å². The Morgan fingerprint density at radius 2 is 1.57 bits per heavy atom. The van der Waals surface area contributed by atoms with Crippen molar-refractivity contribution in [3.8, 4) is 0 Å². The van der Waals surface area contributed by atoms with Crippen molar-refractivity contribution < 1.29 is 9.90 Å². The number of carbonyl (C=O) groups is 1. The predicted molar refractivity (Wildman–Crippen MR) is 84.8 cm³/mol. The first-order valence-corrected chi connectivity index (χ1v) is 7.23. The van der Waals surface area contributed by atoms with Crippen molar-refractivity contribution in [1.82, 2.24) is 5.32 Å². The first-order chi connectivity index (χ1) is 10.1. The molecule has 0 spiro atoms. The van der Waals surface area contributed by atoms with Crippen LogP contribution in [0.3, 0.4) is 0 Å². The zero-order chi connectivity index (χ0) is 15.2. The Morgan fingerprint density at radius 3 is 2.00 bits per heavy atom. The first-order valence-electron chi connectivity index (χ1n) is 6.48. The van der Waals surface area contributed by atoms with E-state index >= 15 is 0 Å². The number of halogens is 2. The topological polar surface area (TPSA) is 49.3 Å². The smallest absolute Gasteiger partial charge is 0.207 e. The molecule has 1 amide bonds. The number of amides is 1.